The van der Waals surface area contributed by atoms with Crippen molar-refractivity contribution in [1.29, 1.82) is 5.26 Å². The van der Waals surface area contributed by atoms with E-state index in [1.54, 1.807) is 17.4 Å². The summed E-state index contributed by atoms with van der Waals surface area (Å²) in [7, 11) is 0. The topological polar surface area (TPSA) is 79.2 Å². The van der Waals surface area contributed by atoms with Gasteiger partial charge < -0.3 is 10.1 Å². The molecule has 23 heavy (non-hydrogen) atoms. The Morgan fingerprint density at radius 1 is 1.35 bits per heavy atom. The lowest BCUT2D eigenvalue weighted by Gasteiger charge is -2.07. The summed E-state index contributed by atoms with van der Waals surface area (Å²) in [6, 6.07) is 10.3. The van der Waals surface area contributed by atoms with E-state index in [-0.39, 0.29) is 18.1 Å². The molecule has 0 atom stereocenters. The number of aryl methyl sites for hydroxylation is 1. The molecule has 1 amide bonds. The first-order chi connectivity index (χ1) is 11.1. The van der Waals surface area contributed by atoms with Crippen LogP contribution in [0, 0.1) is 11.3 Å². The number of carbonyl (C=O) groups is 2. The van der Waals surface area contributed by atoms with E-state index in [2.05, 4.69) is 5.32 Å². The number of esters is 1. The molecule has 1 N–H and O–H groups in total. The molecular formula is C16H13ClN2O3S. The van der Waals surface area contributed by atoms with E-state index in [1.807, 2.05) is 23.6 Å². The molecule has 0 aliphatic carbocycles. The summed E-state index contributed by atoms with van der Waals surface area (Å²) in [6.45, 7) is -0.360. The van der Waals surface area contributed by atoms with E-state index >= 15 is 0 Å². The van der Waals surface area contributed by atoms with Gasteiger partial charge in [-0.25, -0.2) is 0 Å². The van der Waals surface area contributed by atoms with Gasteiger partial charge in [0.05, 0.1) is 17.0 Å². The molecule has 1 heterocycles. The van der Waals surface area contributed by atoms with Gasteiger partial charge in [-0.2, -0.15) is 5.26 Å². The third kappa shape index (κ3) is 5.40. The van der Waals surface area contributed by atoms with Crippen LogP contribution in [0.15, 0.2) is 35.7 Å². The van der Waals surface area contributed by atoms with Crippen molar-refractivity contribution in [3.05, 3.63) is 51.2 Å². The number of nitriles is 1. The largest absolute Gasteiger partial charge is 0.456 e. The lowest BCUT2D eigenvalue weighted by Crippen LogP contribution is -2.21. The summed E-state index contributed by atoms with van der Waals surface area (Å²) in [5.41, 5.74) is 0.762. The highest BCUT2D eigenvalue weighted by atomic mass is 35.5. The Hall–Kier alpha value is -2.36. The van der Waals surface area contributed by atoms with Crippen molar-refractivity contribution in [2.24, 2.45) is 0 Å². The molecule has 0 aliphatic rings. The monoisotopic (exact) mass is 348 g/mol. The number of hydrogen-bond donors (Lipinski definition) is 1. The predicted octanol–water partition coefficient (Wildman–Crippen LogP) is 3.39. The first-order valence-corrected chi connectivity index (χ1v) is 8.02. The Balaban J connectivity index is 1.75. The van der Waals surface area contributed by atoms with Crippen LogP contribution in [0.4, 0.5) is 5.69 Å². The molecule has 0 saturated carbocycles. The normalized spacial score (nSPS) is 9.91. The maximum atomic E-state index is 11.7. The maximum absolute atomic E-state index is 11.7. The highest BCUT2D eigenvalue weighted by molar-refractivity contribution is 7.09. The van der Waals surface area contributed by atoms with Crippen LogP contribution in [-0.2, 0) is 20.7 Å². The second-order valence-corrected chi connectivity index (χ2v) is 6.03. The number of halogens is 1. The molecule has 0 fully saturated rings. The molecule has 7 heteroatoms. The van der Waals surface area contributed by atoms with Crippen molar-refractivity contribution in [3.63, 3.8) is 0 Å². The number of anilines is 1. The molecule has 2 rings (SSSR count). The average molecular weight is 349 g/mol. The molecular weight excluding hydrogens is 336 g/mol. The van der Waals surface area contributed by atoms with Crippen molar-refractivity contribution in [2.75, 3.05) is 11.9 Å². The number of hydrogen-bond acceptors (Lipinski definition) is 5. The zero-order valence-corrected chi connectivity index (χ0v) is 13.6. The zero-order chi connectivity index (χ0) is 16.7. The van der Waals surface area contributed by atoms with E-state index in [0.29, 0.717) is 17.7 Å². The van der Waals surface area contributed by atoms with Crippen LogP contribution in [0.5, 0.6) is 0 Å². The third-order valence-electron chi connectivity index (χ3n) is 2.89. The first kappa shape index (κ1) is 17.0. The SMILES string of the molecule is N#Cc1ccc(NC(=O)COC(=O)CCc2cccs2)cc1Cl. The molecule has 1 aromatic carbocycles. The van der Waals surface area contributed by atoms with Crippen molar-refractivity contribution in [1.82, 2.24) is 0 Å². The fourth-order valence-electron chi connectivity index (χ4n) is 1.78. The van der Waals surface area contributed by atoms with Crippen LogP contribution in [-0.4, -0.2) is 18.5 Å². The van der Waals surface area contributed by atoms with Gasteiger partial charge in [-0.3, -0.25) is 9.59 Å². The van der Waals surface area contributed by atoms with Gasteiger partial charge in [0.1, 0.15) is 6.07 Å². The molecule has 118 valence electrons. The summed E-state index contributed by atoms with van der Waals surface area (Å²) in [4.78, 5) is 24.4. The molecule has 0 saturated heterocycles. The molecule has 0 radical (unpaired) electrons. The Morgan fingerprint density at radius 3 is 2.83 bits per heavy atom. The summed E-state index contributed by atoms with van der Waals surface area (Å²) in [6.07, 6.45) is 0.833. The molecule has 2 aromatic rings. The van der Waals surface area contributed by atoms with Crippen LogP contribution in [0.25, 0.3) is 0 Å². The van der Waals surface area contributed by atoms with Gasteiger partial charge in [0.25, 0.3) is 5.91 Å². The van der Waals surface area contributed by atoms with E-state index in [4.69, 9.17) is 21.6 Å². The van der Waals surface area contributed by atoms with Crippen LogP contribution in [0.1, 0.15) is 16.9 Å². The summed E-state index contributed by atoms with van der Waals surface area (Å²) in [5.74, 6) is -0.887. The standard InChI is InChI=1S/C16H13ClN2O3S/c17-14-8-12(4-3-11(14)9-18)19-15(20)10-22-16(21)6-5-13-2-1-7-23-13/h1-4,7-8H,5-6,10H2,(H,19,20). The Morgan fingerprint density at radius 2 is 2.17 bits per heavy atom. The Bertz CT molecular complexity index is 738. The van der Waals surface area contributed by atoms with E-state index in [1.165, 1.54) is 12.1 Å². The summed E-state index contributed by atoms with van der Waals surface area (Å²) < 4.78 is 4.92. The van der Waals surface area contributed by atoms with Crippen molar-refractivity contribution < 1.29 is 14.3 Å². The van der Waals surface area contributed by atoms with Gasteiger partial charge >= 0.3 is 5.97 Å². The van der Waals surface area contributed by atoms with Crippen LogP contribution >= 0.6 is 22.9 Å². The average Bonchev–Trinajstić information content (AvgIpc) is 3.04. The second-order valence-electron chi connectivity index (χ2n) is 4.59. The van der Waals surface area contributed by atoms with Crippen LogP contribution in [0.2, 0.25) is 5.02 Å². The van der Waals surface area contributed by atoms with Crippen LogP contribution in [0.3, 0.4) is 0 Å². The Kier molecular flexibility index (Phi) is 6.15. The van der Waals surface area contributed by atoms with Crippen molar-refractivity contribution >= 4 is 40.5 Å². The fraction of sp³-hybridized carbons (Fsp3) is 0.188. The third-order valence-corrected chi connectivity index (χ3v) is 4.14. The molecule has 5 nitrogen and oxygen atoms in total. The van der Waals surface area contributed by atoms with Gasteiger partial charge in [-0.1, -0.05) is 17.7 Å². The lowest BCUT2D eigenvalue weighted by molar-refractivity contribution is -0.147. The number of amides is 1. The second kappa shape index (κ2) is 8.32. The van der Waals surface area contributed by atoms with E-state index < -0.39 is 11.9 Å². The number of rotatable bonds is 6. The van der Waals surface area contributed by atoms with E-state index in [0.717, 1.165) is 4.88 Å². The smallest absolute Gasteiger partial charge is 0.306 e. The van der Waals surface area contributed by atoms with Crippen molar-refractivity contribution in [3.8, 4) is 6.07 Å². The number of thiophene rings is 1. The molecule has 0 bridgehead atoms. The van der Waals surface area contributed by atoms with Gasteiger partial charge in [-0.05, 0) is 36.1 Å². The predicted molar refractivity (Wildman–Crippen MR) is 88.4 cm³/mol. The number of nitrogens with one attached hydrogen (secondary N) is 1. The minimum atomic E-state index is -0.463. The van der Waals surface area contributed by atoms with Gasteiger partial charge in [0.2, 0.25) is 0 Å². The minimum absolute atomic E-state index is 0.233. The van der Waals surface area contributed by atoms with Gasteiger partial charge in [-0.15, -0.1) is 11.3 Å². The first-order valence-electron chi connectivity index (χ1n) is 6.76. The minimum Gasteiger partial charge on any atom is -0.456 e. The summed E-state index contributed by atoms with van der Waals surface area (Å²) in [5, 5.41) is 13.5. The Labute approximate surface area is 142 Å². The van der Waals surface area contributed by atoms with E-state index in [9.17, 15) is 9.59 Å². The number of carbonyl (C=O) groups excluding carboxylic acids is 2. The lowest BCUT2D eigenvalue weighted by atomic mass is 10.2. The molecule has 0 aliphatic heterocycles. The summed E-state index contributed by atoms with van der Waals surface area (Å²) >= 11 is 7.45. The quantitative estimate of drug-likeness (QED) is 0.811. The van der Waals surface area contributed by atoms with Crippen molar-refractivity contribution in [2.45, 2.75) is 12.8 Å². The number of nitrogens with zero attached hydrogens (tertiary/aromatic N) is 1. The maximum Gasteiger partial charge on any atom is 0.306 e. The fourth-order valence-corrected chi connectivity index (χ4v) is 2.71. The number of ether oxygens (including phenoxy) is 1. The van der Waals surface area contributed by atoms with Crippen LogP contribution < -0.4 is 5.32 Å². The molecule has 1 aromatic heterocycles. The van der Waals surface area contributed by atoms with Gasteiger partial charge in [0.15, 0.2) is 6.61 Å². The highest BCUT2D eigenvalue weighted by Crippen LogP contribution is 2.20. The number of benzene rings is 1. The highest BCUT2D eigenvalue weighted by Gasteiger charge is 2.09. The van der Waals surface area contributed by atoms with Gasteiger partial charge in [0, 0.05) is 10.6 Å². The molecule has 0 unspecified atom stereocenters. The zero-order valence-electron chi connectivity index (χ0n) is 12.0. The molecule has 0 spiro atoms.